The van der Waals surface area contributed by atoms with Crippen LogP contribution in [0.25, 0.3) is 0 Å². The topological polar surface area (TPSA) is 43.1 Å². The van der Waals surface area contributed by atoms with Crippen LogP contribution in [0.4, 0.5) is 0 Å². The highest BCUT2D eigenvalue weighted by Crippen LogP contribution is 2.23. The van der Waals surface area contributed by atoms with Crippen LogP contribution in [0.1, 0.15) is 24.6 Å². The summed E-state index contributed by atoms with van der Waals surface area (Å²) in [5.41, 5.74) is 5.59. The fourth-order valence-electron chi connectivity index (χ4n) is 1.52. The third-order valence-electron chi connectivity index (χ3n) is 2.35. The van der Waals surface area contributed by atoms with E-state index >= 15 is 0 Å². The number of rotatable bonds is 6. The van der Waals surface area contributed by atoms with E-state index in [4.69, 9.17) is 5.73 Å². The van der Waals surface area contributed by atoms with Gasteiger partial charge in [-0.25, -0.2) is 0 Å². The zero-order chi connectivity index (χ0) is 11.3. The van der Waals surface area contributed by atoms with E-state index in [1.54, 1.807) is 11.3 Å². The smallest absolute Gasteiger partial charge is 0.142 e. The van der Waals surface area contributed by atoms with Gasteiger partial charge >= 0.3 is 0 Å². The zero-order valence-electron chi connectivity index (χ0n) is 8.83. The molecular formula is C11H16BrNOS. The molecule has 1 aromatic rings. The van der Waals surface area contributed by atoms with Gasteiger partial charge in [-0.2, -0.15) is 0 Å². The van der Waals surface area contributed by atoms with Gasteiger partial charge in [-0.3, -0.25) is 4.79 Å². The highest BCUT2D eigenvalue weighted by atomic mass is 79.9. The fourth-order valence-corrected chi connectivity index (χ4v) is 3.01. The van der Waals surface area contributed by atoms with Crippen LogP contribution in [0.2, 0.25) is 0 Å². The molecule has 15 heavy (non-hydrogen) atoms. The Balaban J connectivity index is 2.53. The number of carbonyl (C=O) groups excluding carboxylic acids is 1. The van der Waals surface area contributed by atoms with E-state index in [0.29, 0.717) is 13.0 Å². The van der Waals surface area contributed by atoms with E-state index in [2.05, 4.69) is 22.9 Å². The van der Waals surface area contributed by atoms with Crippen LogP contribution in [0.3, 0.4) is 0 Å². The minimum Gasteiger partial charge on any atom is -0.330 e. The minimum absolute atomic E-state index is 0.0378. The summed E-state index contributed by atoms with van der Waals surface area (Å²) < 4.78 is 1.07. The van der Waals surface area contributed by atoms with E-state index < -0.39 is 0 Å². The highest BCUT2D eigenvalue weighted by molar-refractivity contribution is 9.11. The van der Waals surface area contributed by atoms with Crippen LogP contribution < -0.4 is 5.73 Å². The van der Waals surface area contributed by atoms with E-state index in [0.717, 1.165) is 21.5 Å². The van der Waals surface area contributed by atoms with Gasteiger partial charge in [0.15, 0.2) is 0 Å². The molecule has 1 aromatic heterocycles. The number of nitrogens with two attached hydrogens (primary N) is 1. The van der Waals surface area contributed by atoms with Crippen molar-refractivity contribution in [1.29, 1.82) is 0 Å². The van der Waals surface area contributed by atoms with Crippen molar-refractivity contribution in [3.63, 3.8) is 0 Å². The molecule has 0 amide bonds. The summed E-state index contributed by atoms with van der Waals surface area (Å²) >= 11 is 5.01. The second kappa shape index (κ2) is 6.40. The van der Waals surface area contributed by atoms with Gasteiger partial charge in [-0.05, 0) is 34.5 Å². The molecule has 0 aliphatic heterocycles. The van der Waals surface area contributed by atoms with Crippen LogP contribution in [0.15, 0.2) is 15.9 Å². The normalized spacial score (nSPS) is 12.7. The Morgan fingerprint density at radius 2 is 2.33 bits per heavy atom. The SMILES string of the molecule is CCCC(CN)C(=O)Cc1ccc(Br)s1. The Kier molecular flexibility index (Phi) is 5.50. The summed E-state index contributed by atoms with van der Waals surface area (Å²) in [6.07, 6.45) is 2.45. The monoisotopic (exact) mass is 289 g/mol. The molecule has 0 fully saturated rings. The maximum absolute atomic E-state index is 11.9. The molecule has 84 valence electrons. The quantitative estimate of drug-likeness (QED) is 0.875. The molecule has 0 bridgehead atoms. The number of thiophene rings is 1. The highest BCUT2D eigenvalue weighted by Gasteiger charge is 2.16. The number of carbonyl (C=O) groups is 1. The molecule has 0 saturated heterocycles. The van der Waals surface area contributed by atoms with Crippen molar-refractivity contribution in [2.24, 2.45) is 11.7 Å². The molecular weight excluding hydrogens is 274 g/mol. The Bertz CT molecular complexity index is 324. The van der Waals surface area contributed by atoms with Crippen molar-refractivity contribution in [2.75, 3.05) is 6.54 Å². The van der Waals surface area contributed by atoms with Gasteiger partial charge in [0, 0.05) is 23.8 Å². The molecule has 0 aliphatic rings. The Labute approximate surface area is 103 Å². The summed E-state index contributed by atoms with van der Waals surface area (Å²) in [5.74, 6) is 0.310. The summed E-state index contributed by atoms with van der Waals surface area (Å²) in [4.78, 5) is 13.0. The number of ketones is 1. The molecule has 0 radical (unpaired) electrons. The van der Waals surface area contributed by atoms with Crippen molar-refractivity contribution in [3.05, 3.63) is 20.8 Å². The van der Waals surface area contributed by atoms with Crippen LogP contribution in [-0.2, 0) is 11.2 Å². The fraction of sp³-hybridized carbons (Fsp3) is 0.545. The van der Waals surface area contributed by atoms with Crippen LogP contribution in [-0.4, -0.2) is 12.3 Å². The van der Waals surface area contributed by atoms with Crippen molar-refractivity contribution >= 4 is 33.0 Å². The summed E-state index contributed by atoms with van der Waals surface area (Å²) in [7, 11) is 0. The number of hydrogen-bond donors (Lipinski definition) is 1. The lowest BCUT2D eigenvalue weighted by molar-refractivity contribution is -0.122. The molecule has 1 atom stereocenters. The molecule has 0 aliphatic carbocycles. The largest absolute Gasteiger partial charge is 0.330 e. The lowest BCUT2D eigenvalue weighted by Crippen LogP contribution is -2.24. The first kappa shape index (κ1) is 12.9. The van der Waals surface area contributed by atoms with E-state index in [1.165, 1.54) is 0 Å². The molecule has 1 rings (SSSR count). The van der Waals surface area contributed by atoms with Crippen LogP contribution >= 0.6 is 27.3 Å². The molecule has 4 heteroatoms. The Hall–Kier alpha value is -0.190. The van der Waals surface area contributed by atoms with Gasteiger partial charge in [0.25, 0.3) is 0 Å². The minimum atomic E-state index is 0.0378. The van der Waals surface area contributed by atoms with Gasteiger partial charge in [0.05, 0.1) is 3.79 Å². The lowest BCUT2D eigenvalue weighted by atomic mass is 9.96. The van der Waals surface area contributed by atoms with Crippen molar-refractivity contribution in [1.82, 2.24) is 0 Å². The van der Waals surface area contributed by atoms with Crippen molar-refractivity contribution < 1.29 is 4.79 Å². The number of hydrogen-bond acceptors (Lipinski definition) is 3. The summed E-state index contributed by atoms with van der Waals surface area (Å²) in [6, 6.07) is 3.97. The maximum atomic E-state index is 11.9. The maximum Gasteiger partial charge on any atom is 0.142 e. The van der Waals surface area contributed by atoms with Gasteiger partial charge in [-0.1, -0.05) is 13.3 Å². The van der Waals surface area contributed by atoms with Crippen LogP contribution in [0.5, 0.6) is 0 Å². The summed E-state index contributed by atoms with van der Waals surface area (Å²) in [6.45, 7) is 2.55. The molecule has 0 aromatic carbocycles. The standard InChI is InChI=1S/C11H16BrNOS/c1-2-3-8(7-13)10(14)6-9-4-5-11(12)15-9/h4-5,8H,2-3,6-7,13H2,1H3. The molecule has 2 nitrogen and oxygen atoms in total. The first-order valence-corrected chi connectivity index (χ1v) is 6.75. The van der Waals surface area contributed by atoms with E-state index in [-0.39, 0.29) is 11.7 Å². The Morgan fingerprint density at radius 1 is 1.60 bits per heavy atom. The molecule has 0 saturated carbocycles. The molecule has 1 unspecified atom stereocenters. The van der Waals surface area contributed by atoms with Crippen LogP contribution in [0, 0.1) is 5.92 Å². The average molecular weight is 290 g/mol. The predicted molar refractivity (Wildman–Crippen MR) is 68.2 cm³/mol. The molecule has 0 spiro atoms. The first-order chi connectivity index (χ1) is 7.17. The van der Waals surface area contributed by atoms with Gasteiger partial charge in [0.2, 0.25) is 0 Å². The second-order valence-corrected chi connectivity index (χ2v) is 6.12. The second-order valence-electron chi connectivity index (χ2n) is 3.57. The lowest BCUT2D eigenvalue weighted by Gasteiger charge is -2.11. The van der Waals surface area contributed by atoms with E-state index in [9.17, 15) is 4.79 Å². The predicted octanol–water partition coefficient (Wildman–Crippen LogP) is 3.00. The van der Waals surface area contributed by atoms with Crippen molar-refractivity contribution in [2.45, 2.75) is 26.2 Å². The zero-order valence-corrected chi connectivity index (χ0v) is 11.2. The van der Waals surface area contributed by atoms with Gasteiger partial charge in [-0.15, -0.1) is 11.3 Å². The van der Waals surface area contributed by atoms with E-state index in [1.807, 2.05) is 12.1 Å². The molecule has 1 heterocycles. The average Bonchev–Trinajstić information content (AvgIpc) is 2.60. The third kappa shape index (κ3) is 4.05. The van der Waals surface area contributed by atoms with Crippen molar-refractivity contribution in [3.8, 4) is 0 Å². The first-order valence-electron chi connectivity index (χ1n) is 5.14. The molecule has 2 N–H and O–H groups in total. The number of Topliss-reactive ketones (excluding diaryl/α,β-unsaturated/α-hetero) is 1. The Morgan fingerprint density at radius 3 is 2.80 bits per heavy atom. The van der Waals surface area contributed by atoms with Gasteiger partial charge in [0.1, 0.15) is 5.78 Å². The van der Waals surface area contributed by atoms with Gasteiger partial charge < -0.3 is 5.73 Å². The third-order valence-corrected chi connectivity index (χ3v) is 3.98. The number of halogens is 1. The summed E-state index contributed by atoms with van der Waals surface area (Å²) in [5, 5.41) is 0.